The molecule has 0 aliphatic carbocycles. The minimum absolute atomic E-state index is 0.0121. The Hall–Kier alpha value is -1.34. The molecule has 1 rings (SSSR count). The van der Waals surface area contributed by atoms with Crippen LogP contribution in [0.1, 0.15) is 27.2 Å². The van der Waals surface area contributed by atoms with Crippen LogP contribution in [0.4, 0.5) is 4.79 Å². The van der Waals surface area contributed by atoms with Crippen molar-refractivity contribution in [3.8, 4) is 0 Å². The van der Waals surface area contributed by atoms with E-state index in [0.717, 1.165) is 4.90 Å². The molecule has 0 aromatic rings. The third-order valence-electron chi connectivity index (χ3n) is 3.04. The first-order chi connectivity index (χ1) is 8.65. The number of carboxylic acids is 1. The Morgan fingerprint density at radius 1 is 1.42 bits per heavy atom. The second-order valence-corrected chi connectivity index (χ2v) is 5.51. The Bertz CT molecular complexity index is 353. The minimum atomic E-state index is -1.12. The van der Waals surface area contributed by atoms with Gasteiger partial charge in [0.05, 0.1) is 18.2 Å². The summed E-state index contributed by atoms with van der Waals surface area (Å²) in [7, 11) is 0. The smallest absolute Gasteiger partial charge is 0.326 e. The van der Waals surface area contributed by atoms with Crippen LogP contribution in [0.2, 0.25) is 0 Å². The van der Waals surface area contributed by atoms with Crippen LogP contribution in [0, 0.1) is 0 Å². The molecule has 7 nitrogen and oxygen atoms in total. The summed E-state index contributed by atoms with van der Waals surface area (Å²) in [5.74, 6) is -1.12. The van der Waals surface area contributed by atoms with E-state index in [1.54, 1.807) is 20.8 Å². The molecule has 7 heteroatoms. The van der Waals surface area contributed by atoms with Crippen molar-refractivity contribution in [2.24, 2.45) is 0 Å². The lowest BCUT2D eigenvalue weighted by atomic mass is 10.1. The van der Waals surface area contributed by atoms with E-state index in [0.29, 0.717) is 6.54 Å². The van der Waals surface area contributed by atoms with Crippen molar-refractivity contribution in [3.63, 3.8) is 0 Å². The molecular weight excluding hydrogens is 252 g/mol. The lowest BCUT2D eigenvalue weighted by Gasteiger charge is -2.33. The lowest BCUT2D eigenvalue weighted by molar-refractivity contribution is -0.141. The van der Waals surface area contributed by atoms with Crippen molar-refractivity contribution in [2.45, 2.75) is 44.9 Å². The molecule has 0 aromatic heterocycles. The van der Waals surface area contributed by atoms with Crippen LogP contribution in [-0.2, 0) is 4.79 Å². The molecule has 0 aromatic carbocycles. The maximum absolute atomic E-state index is 12.3. The highest BCUT2D eigenvalue weighted by molar-refractivity contribution is 5.83. The molecule has 19 heavy (non-hydrogen) atoms. The van der Waals surface area contributed by atoms with Crippen LogP contribution in [-0.4, -0.2) is 74.5 Å². The Labute approximate surface area is 112 Å². The van der Waals surface area contributed by atoms with Crippen molar-refractivity contribution >= 4 is 12.0 Å². The number of carboxylic acid groups (broad SMARTS) is 1. The average molecular weight is 274 g/mol. The van der Waals surface area contributed by atoms with E-state index in [4.69, 9.17) is 5.11 Å². The number of likely N-dealkylation sites (tertiary alicyclic amines) is 1. The zero-order chi connectivity index (χ0) is 14.8. The number of aliphatic hydroxyl groups excluding tert-OH is 1. The van der Waals surface area contributed by atoms with Gasteiger partial charge in [-0.3, -0.25) is 0 Å². The number of carbonyl (C=O) groups excluding carboxylic acids is 1. The number of aliphatic hydroxyl groups is 2. The van der Waals surface area contributed by atoms with Crippen molar-refractivity contribution in [3.05, 3.63) is 0 Å². The quantitative estimate of drug-likeness (QED) is 0.654. The number of likely N-dealkylation sites (N-methyl/N-ethyl adjacent to an activating group) is 1. The Morgan fingerprint density at radius 2 is 2.00 bits per heavy atom. The van der Waals surface area contributed by atoms with Gasteiger partial charge in [-0.25, -0.2) is 9.59 Å². The zero-order valence-corrected chi connectivity index (χ0v) is 11.5. The Kier molecular flexibility index (Phi) is 4.75. The molecule has 2 atom stereocenters. The predicted molar refractivity (Wildman–Crippen MR) is 67.7 cm³/mol. The summed E-state index contributed by atoms with van der Waals surface area (Å²) in [6.45, 7) is 5.40. The maximum Gasteiger partial charge on any atom is 0.326 e. The summed E-state index contributed by atoms with van der Waals surface area (Å²) in [4.78, 5) is 25.9. The summed E-state index contributed by atoms with van der Waals surface area (Å²) < 4.78 is 0. The highest BCUT2D eigenvalue weighted by Gasteiger charge is 2.40. The van der Waals surface area contributed by atoms with Gasteiger partial charge in [-0.1, -0.05) is 0 Å². The highest BCUT2D eigenvalue weighted by atomic mass is 16.4. The molecule has 3 N–H and O–H groups in total. The van der Waals surface area contributed by atoms with Gasteiger partial charge in [0.2, 0.25) is 0 Å². The lowest BCUT2D eigenvalue weighted by Crippen LogP contribution is -2.51. The summed E-state index contributed by atoms with van der Waals surface area (Å²) >= 11 is 0. The molecule has 0 radical (unpaired) electrons. The number of urea groups is 1. The first-order valence-electron chi connectivity index (χ1n) is 6.34. The number of β-amino-alcohol motifs (C(OH)–C–C–N with tert-alkyl or cyclic N) is 1. The summed E-state index contributed by atoms with van der Waals surface area (Å²) in [5, 5.41) is 28.4. The molecule has 110 valence electrons. The normalized spacial score (nSPS) is 23.5. The van der Waals surface area contributed by atoms with E-state index >= 15 is 0 Å². The third kappa shape index (κ3) is 4.07. The van der Waals surface area contributed by atoms with Gasteiger partial charge < -0.3 is 25.1 Å². The second-order valence-electron chi connectivity index (χ2n) is 5.51. The van der Waals surface area contributed by atoms with E-state index < -0.39 is 29.7 Å². The van der Waals surface area contributed by atoms with E-state index in [1.807, 2.05) is 0 Å². The van der Waals surface area contributed by atoms with Gasteiger partial charge >= 0.3 is 12.0 Å². The van der Waals surface area contributed by atoms with Gasteiger partial charge in [0.15, 0.2) is 0 Å². The fourth-order valence-electron chi connectivity index (χ4n) is 2.22. The summed E-state index contributed by atoms with van der Waals surface area (Å²) in [5.41, 5.74) is -1.05. The molecule has 1 fully saturated rings. The second kappa shape index (κ2) is 5.75. The monoisotopic (exact) mass is 274 g/mol. The number of rotatable bonds is 4. The van der Waals surface area contributed by atoms with Crippen LogP contribution in [0.15, 0.2) is 0 Å². The third-order valence-corrected chi connectivity index (χ3v) is 3.04. The van der Waals surface area contributed by atoms with E-state index in [9.17, 15) is 19.8 Å². The molecule has 0 spiro atoms. The van der Waals surface area contributed by atoms with Crippen LogP contribution in [0.25, 0.3) is 0 Å². The highest BCUT2D eigenvalue weighted by Crippen LogP contribution is 2.20. The standard InChI is InChI=1S/C12H22N2O5/c1-4-13(7-12(2,3)19)11(18)14-6-8(15)5-9(14)10(16)17/h8-9,15,19H,4-7H2,1-3H3,(H,16,17)/t8-,9+/m1/s1. The van der Waals surface area contributed by atoms with Gasteiger partial charge in [0, 0.05) is 19.5 Å². The van der Waals surface area contributed by atoms with E-state index in [2.05, 4.69) is 0 Å². The minimum Gasteiger partial charge on any atom is -0.480 e. The molecule has 0 saturated carbocycles. The number of nitrogens with zero attached hydrogens (tertiary/aromatic N) is 2. The molecule has 0 bridgehead atoms. The van der Waals surface area contributed by atoms with Gasteiger partial charge in [0.25, 0.3) is 0 Å². The van der Waals surface area contributed by atoms with Crippen molar-refractivity contribution in [1.29, 1.82) is 0 Å². The van der Waals surface area contributed by atoms with Crippen LogP contribution < -0.4 is 0 Å². The van der Waals surface area contributed by atoms with Crippen LogP contribution in [0.5, 0.6) is 0 Å². The Morgan fingerprint density at radius 3 is 2.42 bits per heavy atom. The van der Waals surface area contributed by atoms with Crippen LogP contribution in [0.3, 0.4) is 0 Å². The molecule has 2 amide bonds. The van der Waals surface area contributed by atoms with Crippen molar-refractivity contribution < 1.29 is 24.9 Å². The zero-order valence-electron chi connectivity index (χ0n) is 11.5. The predicted octanol–water partition coefficient (Wildman–Crippen LogP) is -0.281. The fraction of sp³-hybridized carbons (Fsp3) is 0.833. The average Bonchev–Trinajstić information content (AvgIpc) is 2.66. The maximum atomic E-state index is 12.3. The molecule has 1 aliphatic rings. The number of carbonyl (C=O) groups is 2. The molecule has 1 aliphatic heterocycles. The van der Waals surface area contributed by atoms with Gasteiger partial charge in [-0.05, 0) is 20.8 Å². The van der Waals surface area contributed by atoms with Gasteiger partial charge in [-0.2, -0.15) is 0 Å². The van der Waals surface area contributed by atoms with E-state index in [1.165, 1.54) is 4.90 Å². The first-order valence-corrected chi connectivity index (χ1v) is 6.34. The van der Waals surface area contributed by atoms with E-state index in [-0.39, 0.29) is 19.5 Å². The molecule has 1 heterocycles. The molecule has 1 saturated heterocycles. The van der Waals surface area contributed by atoms with Crippen LogP contribution >= 0.6 is 0 Å². The number of hydrogen-bond acceptors (Lipinski definition) is 4. The number of aliphatic carboxylic acids is 1. The van der Waals surface area contributed by atoms with Gasteiger partial charge in [-0.15, -0.1) is 0 Å². The summed E-state index contributed by atoms with van der Waals surface area (Å²) in [6, 6.07) is -1.47. The number of amides is 2. The topological polar surface area (TPSA) is 101 Å². The van der Waals surface area contributed by atoms with Crippen molar-refractivity contribution in [1.82, 2.24) is 9.80 Å². The first kappa shape index (κ1) is 15.7. The van der Waals surface area contributed by atoms with Gasteiger partial charge in [0.1, 0.15) is 6.04 Å². The largest absolute Gasteiger partial charge is 0.480 e. The Balaban J connectivity index is 2.81. The number of hydrogen-bond donors (Lipinski definition) is 3. The van der Waals surface area contributed by atoms with Crippen molar-refractivity contribution in [2.75, 3.05) is 19.6 Å². The summed E-state index contributed by atoms with van der Waals surface area (Å²) in [6.07, 6.45) is -0.771. The fourth-order valence-corrected chi connectivity index (χ4v) is 2.22. The molecular formula is C12H22N2O5. The molecule has 0 unspecified atom stereocenters. The SMILES string of the molecule is CCN(CC(C)(C)O)C(=O)N1C[C@H](O)C[C@H]1C(=O)O.